The van der Waals surface area contributed by atoms with Crippen molar-refractivity contribution < 1.29 is 19.1 Å². The Morgan fingerprint density at radius 1 is 1.17 bits per heavy atom. The molecule has 0 bridgehead atoms. The average Bonchev–Trinajstić information content (AvgIpc) is 2.74. The zero-order valence-corrected chi connectivity index (χ0v) is 14.2. The fourth-order valence-corrected chi connectivity index (χ4v) is 3.59. The number of esters is 1. The first kappa shape index (κ1) is 16.8. The second kappa shape index (κ2) is 6.43. The Bertz CT molecular complexity index is 668. The summed E-state index contributed by atoms with van der Waals surface area (Å²) in [5.74, 6) is -0.618. The first-order chi connectivity index (χ1) is 11.4. The molecule has 0 atom stereocenters. The number of amides is 3. The highest BCUT2D eigenvalue weighted by Crippen LogP contribution is 2.39. The fraction of sp³-hybridized carbons (Fsp3) is 0.471. The average molecular weight is 351 g/mol. The van der Waals surface area contributed by atoms with Crippen molar-refractivity contribution in [3.8, 4) is 5.75 Å². The maximum absolute atomic E-state index is 12.8. The van der Waals surface area contributed by atoms with Crippen LogP contribution < -0.4 is 4.74 Å². The van der Waals surface area contributed by atoms with Crippen LogP contribution in [0, 0.1) is 0 Å². The molecule has 1 heterocycles. The van der Waals surface area contributed by atoms with E-state index in [2.05, 4.69) is 0 Å². The molecule has 3 amide bonds. The largest absolute Gasteiger partial charge is 0.425 e. The van der Waals surface area contributed by atoms with Gasteiger partial charge in [-0.1, -0.05) is 30.9 Å². The van der Waals surface area contributed by atoms with Crippen molar-refractivity contribution in [2.75, 3.05) is 13.6 Å². The van der Waals surface area contributed by atoms with Gasteiger partial charge in [0, 0.05) is 12.1 Å². The van der Waals surface area contributed by atoms with E-state index in [-0.39, 0.29) is 12.5 Å². The van der Waals surface area contributed by atoms with Crippen LogP contribution >= 0.6 is 11.6 Å². The third-order valence-electron chi connectivity index (χ3n) is 4.82. The van der Waals surface area contributed by atoms with Gasteiger partial charge in [0.05, 0.1) is 0 Å². The van der Waals surface area contributed by atoms with E-state index in [0.29, 0.717) is 23.6 Å². The number of hydrogen-bond donors (Lipinski definition) is 0. The molecule has 3 rings (SSSR count). The van der Waals surface area contributed by atoms with Gasteiger partial charge < -0.3 is 9.64 Å². The maximum atomic E-state index is 12.8. The van der Waals surface area contributed by atoms with Gasteiger partial charge in [-0.3, -0.25) is 9.69 Å². The van der Waals surface area contributed by atoms with Crippen molar-refractivity contribution in [1.82, 2.24) is 9.80 Å². The number of nitrogens with zero attached hydrogens (tertiary/aromatic N) is 2. The summed E-state index contributed by atoms with van der Waals surface area (Å²) in [6.07, 6.45) is 4.18. The molecule has 2 aliphatic rings. The molecule has 1 aliphatic carbocycles. The monoisotopic (exact) mass is 350 g/mol. The van der Waals surface area contributed by atoms with Crippen molar-refractivity contribution in [1.29, 1.82) is 0 Å². The number of ether oxygens (including phenoxy) is 1. The first-order valence-corrected chi connectivity index (χ1v) is 8.38. The molecule has 2 fully saturated rings. The summed E-state index contributed by atoms with van der Waals surface area (Å²) in [5.41, 5.74) is -0.782. The molecule has 6 nitrogen and oxygen atoms in total. The van der Waals surface area contributed by atoms with Crippen LogP contribution in [0.15, 0.2) is 24.3 Å². The van der Waals surface area contributed by atoms with E-state index >= 15 is 0 Å². The number of urea groups is 1. The minimum Gasteiger partial charge on any atom is -0.425 e. The van der Waals surface area contributed by atoms with E-state index in [1.807, 2.05) is 0 Å². The summed E-state index contributed by atoms with van der Waals surface area (Å²) < 4.78 is 5.18. The van der Waals surface area contributed by atoms with Crippen LogP contribution in [-0.4, -0.2) is 46.8 Å². The third kappa shape index (κ3) is 2.86. The van der Waals surface area contributed by atoms with Gasteiger partial charge in [0.15, 0.2) is 0 Å². The SMILES string of the molecule is CN1C(=O)N(CC(=O)Oc2ccc(Cl)cc2)C(=O)C12CCCCC2. The van der Waals surface area contributed by atoms with Gasteiger partial charge in [0.1, 0.15) is 17.8 Å². The molecule has 0 aromatic heterocycles. The van der Waals surface area contributed by atoms with Gasteiger partial charge in [0.25, 0.3) is 5.91 Å². The van der Waals surface area contributed by atoms with Crippen LogP contribution in [0.25, 0.3) is 0 Å². The van der Waals surface area contributed by atoms with Crippen molar-refractivity contribution in [2.24, 2.45) is 0 Å². The Morgan fingerprint density at radius 3 is 2.42 bits per heavy atom. The second-order valence-electron chi connectivity index (χ2n) is 6.25. The Hall–Kier alpha value is -2.08. The Kier molecular flexibility index (Phi) is 4.49. The van der Waals surface area contributed by atoms with Gasteiger partial charge in [-0.25, -0.2) is 9.59 Å². The number of rotatable bonds is 3. The molecule has 128 valence electrons. The molecule has 1 saturated carbocycles. The van der Waals surface area contributed by atoms with E-state index in [4.69, 9.17) is 16.3 Å². The minimum absolute atomic E-state index is 0.289. The molecule has 7 heteroatoms. The number of hydrogen-bond acceptors (Lipinski definition) is 4. The molecule has 1 aliphatic heterocycles. The molecular formula is C17H19ClN2O4. The van der Waals surface area contributed by atoms with E-state index in [9.17, 15) is 14.4 Å². The molecule has 0 radical (unpaired) electrons. The fourth-order valence-electron chi connectivity index (χ4n) is 3.47. The van der Waals surface area contributed by atoms with Gasteiger partial charge in [-0.05, 0) is 37.1 Å². The van der Waals surface area contributed by atoms with Gasteiger partial charge in [0.2, 0.25) is 0 Å². The van der Waals surface area contributed by atoms with E-state index in [1.165, 1.54) is 4.90 Å². The lowest BCUT2D eigenvalue weighted by Crippen LogP contribution is -2.49. The Balaban J connectivity index is 1.70. The Morgan fingerprint density at radius 2 is 1.79 bits per heavy atom. The van der Waals surface area contributed by atoms with Crippen molar-refractivity contribution >= 4 is 29.5 Å². The number of imide groups is 1. The third-order valence-corrected chi connectivity index (χ3v) is 5.07. The molecule has 1 aromatic carbocycles. The lowest BCUT2D eigenvalue weighted by molar-refractivity contribution is -0.142. The Labute approximate surface area is 145 Å². The normalized spacial score (nSPS) is 19.9. The highest BCUT2D eigenvalue weighted by molar-refractivity contribution is 6.30. The number of benzene rings is 1. The van der Waals surface area contributed by atoms with Gasteiger partial charge in [-0.2, -0.15) is 0 Å². The van der Waals surface area contributed by atoms with Crippen LogP contribution in [0.1, 0.15) is 32.1 Å². The van der Waals surface area contributed by atoms with Crippen LogP contribution in [0.5, 0.6) is 5.75 Å². The van der Waals surface area contributed by atoms with Gasteiger partial charge >= 0.3 is 12.0 Å². The zero-order chi connectivity index (χ0) is 17.3. The highest BCUT2D eigenvalue weighted by Gasteiger charge is 2.55. The summed E-state index contributed by atoms with van der Waals surface area (Å²) in [4.78, 5) is 39.8. The predicted octanol–water partition coefficient (Wildman–Crippen LogP) is 2.84. The quantitative estimate of drug-likeness (QED) is 0.477. The number of carbonyl (C=O) groups excluding carboxylic acids is 3. The second-order valence-corrected chi connectivity index (χ2v) is 6.69. The molecule has 0 N–H and O–H groups in total. The standard InChI is InChI=1S/C17H19ClN2O4/c1-19-16(23)20(15(22)17(19)9-3-2-4-10-17)11-14(21)24-13-7-5-12(18)6-8-13/h5-8H,2-4,9-11H2,1H3. The first-order valence-electron chi connectivity index (χ1n) is 8.00. The molecule has 1 aromatic rings. The predicted molar refractivity (Wildman–Crippen MR) is 87.8 cm³/mol. The lowest BCUT2D eigenvalue weighted by Gasteiger charge is -2.35. The molecular weight excluding hydrogens is 332 g/mol. The van der Waals surface area contributed by atoms with Crippen LogP contribution in [0.3, 0.4) is 0 Å². The van der Waals surface area contributed by atoms with Crippen LogP contribution in [0.4, 0.5) is 4.79 Å². The summed E-state index contributed by atoms with van der Waals surface area (Å²) >= 11 is 5.78. The zero-order valence-electron chi connectivity index (χ0n) is 13.5. The summed E-state index contributed by atoms with van der Waals surface area (Å²) in [7, 11) is 1.64. The summed E-state index contributed by atoms with van der Waals surface area (Å²) in [6, 6.07) is 5.88. The molecule has 1 spiro atoms. The van der Waals surface area contributed by atoms with E-state index < -0.39 is 17.5 Å². The van der Waals surface area contributed by atoms with Crippen molar-refractivity contribution in [3.63, 3.8) is 0 Å². The number of carbonyl (C=O) groups is 3. The summed E-state index contributed by atoms with van der Waals surface area (Å²) in [6.45, 7) is -0.383. The molecule has 0 unspecified atom stereocenters. The molecule has 24 heavy (non-hydrogen) atoms. The highest BCUT2D eigenvalue weighted by atomic mass is 35.5. The lowest BCUT2D eigenvalue weighted by atomic mass is 9.81. The molecule has 1 saturated heterocycles. The van der Waals surface area contributed by atoms with Crippen LogP contribution in [-0.2, 0) is 9.59 Å². The minimum atomic E-state index is -0.782. The van der Waals surface area contributed by atoms with Crippen molar-refractivity contribution in [3.05, 3.63) is 29.3 Å². The smallest absolute Gasteiger partial charge is 0.331 e. The van der Waals surface area contributed by atoms with E-state index in [1.54, 1.807) is 31.3 Å². The number of likely N-dealkylation sites (N-methyl/N-ethyl adjacent to an activating group) is 1. The topological polar surface area (TPSA) is 66.9 Å². The van der Waals surface area contributed by atoms with E-state index in [0.717, 1.165) is 24.2 Å². The van der Waals surface area contributed by atoms with Gasteiger partial charge in [-0.15, -0.1) is 0 Å². The summed E-state index contributed by atoms with van der Waals surface area (Å²) in [5, 5.41) is 0.528. The van der Waals surface area contributed by atoms with Crippen LogP contribution in [0.2, 0.25) is 5.02 Å². The van der Waals surface area contributed by atoms with Crippen molar-refractivity contribution in [2.45, 2.75) is 37.6 Å². The maximum Gasteiger partial charge on any atom is 0.331 e. The number of halogens is 1.